The van der Waals surface area contributed by atoms with E-state index in [1.807, 2.05) is 0 Å². The van der Waals surface area contributed by atoms with Gasteiger partial charge in [0.2, 0.25) is 0 Å². The van der Waals surface area contributed by atoms with E-state index in [1.165, 1.54) is 41.4 Å². The monoisotopic (exact) mass is 279 g/mol. The van der Waals surface area contributed by atoms with Crippen LogP contribution in [0.15, 0.2) is 22.7 Å². The van der Waals surface area contributed by atoms with E-state index >= 15 is 0 Å². The molecule has 0 bridgehead atoms. The number of nitrogens with one attached hydrogen (secondary N) is 1. The Kier molecular flexibility index (Phi) is 2.70. The largest absolute Gasteiger partial charge is 0.381 e. The van der Waals surface area contributed by atoms with Gasteiger partial charge in [0.1, 0.15) is 0 Å². The summed E-state index contributed by atoms with van der Waals surface area (Å²) in [5.41, 5.74) is 2.58. The van der Waals surface area contributed by atoms with Crippen molar-refractivity contribution in [3.05, 3.63) is 28.2 Å². The van der Waals surface area contributed by atoms with E-state index in [-0.39, 0.29) is 0 Å². The van der Waals surface area contributed by atoms with Crippen LogP contribution >= 0.6 is 15.9 Å². The van der Waals surface area contributed by atoms with Crippen molar-refractivity contribution in [2.24, 2.45) is 11.8 Å². The number of halogens is 1. The highest BCUT2D eigenvalue weighted by Crippen LogP contribution is 2.46. The van der Waals surface area contributed by atoms with Gasteiger partial charge in [0.05, 0.1) is 0 Å². The van der Waals surface area contributed by atoms with E-state index in [0.717, 1.165) is 17.9 Å². The Morgan fingerprint density at radius 3 is 2.31 bits per heavy atom. The lowest BCUT2D eigenvalue weighted by Gasteiger charge is -2.20. The van der Waals surface area contributed by atoms with Crippen LogP contribution in [0.1, 0.15) is 31.2 Å². The molecular weight excluding hydrogens is 262 g/mol. The van der Waals surface area contributed by atoms with Gasteiger partial charge in [0, 0.05) is 16.2 Å². The van der Waals surface area contributed by atoms with Crippen molar-refractivity contribution in [1.29, 1.82) is 0 Å². The summed E-state index contributed by atoms with van der Waals surface area (Å²) in [6.45, 7) is 2.13. The van der Waals surface area contributed by atoms with Crippen molar-refractivity contribution in [2.75, 3.05) is 5.32 Å². The first-order chi connectivity index (χ1) is 7.74. The second-order valence-corrected chi connectivity index (χ2v) is 6.18. The van der Waals surface area contributed by atoms with Crippen molar-refractivity contribution in [3.63, 3.8) is 0 Å². The fraction of sp³-hybridized carbons (Fsp3) is 0.571. The smallest absolute Gasteiger partial charge is 0.0487 e. The van der Waals surface area contributed by atoms with Gasteiger partial charge in [-0.05, 0) is 78.1 Å². The molecule has 0 saturated heterocycles. The van der Waals surface area contributed by atoms with Crippen LogP contribution in [0.3, 0.4) is 0 Å². The molecule has 2 aliphatic carbocycles. The molecule has 2 fully saturated rings. The summed E-state index contributed by atoms with van der Waals surface area (Å²) < 4.78 is 1.21. The van der Waals surface area contributed by atoms with E-state index in [4.69, 9.17) is 0 Å². The van der Waals surface area contributed by atoms with Crippen LogP contribution in [0.2, 0.25) is 0 Å². The molecule has 1 nitrogen and oxygen atoms in total. The number of benzene rings is 1. The van der Waals surface area contributed by atoms with Gasteiger partial charge in [-0.15, -0.1) is 0 Å². The van der Waals surface area contributed by atoms with Crippen LogP contribution in [0, 0.1) is 18.8 Å². The minimum atomic E-state index is 0.735. The van der Waals surface area contributed by atoms with Crippen molar-refractivity contribution < 1.29 is 0 Å². The van der Waals surface area contributed by atoms with Crippen LogP contribution in [-0.4, -0.2) is 6.04 Å². The Labute approximate surface area is 106 Å². The molecule has 0 aromatic heterocycles. The summed E-state index contributed by atoms with van der Waals surface area (Å²) in [6, 6.07) is 7.32. The molecule has 86 valence electrons. The molecule has 3 rings (SSSR count). The Balaban J connectivity index is 1.76. The molecule has 1 N–H and O–H groups in total. The quantitative estimate of drug-likeness (QED) is 0.864. The van der Waals surface area contributed by atoms with E-state index in [0.29, 0.717) is 0 Å². The van der Waals surface area contributed by atoms with E-state index in [9.17, 15) is 0 Å². The molecule has 1 aromatic rings. The second-order valence-electron chi connectivity index (χ2n) is 5.33. The first kappa shape index (κ1) is 10.6. The van der Waals surface area contributed by atoms with Gasteiger partial charge in [0.15, 0.2) is 0 Å². The molecule has 2 saturated carbocycles. The lowest BCUT2D eigenvalue weighted by Crippen LogP contribution is -2.24. The predicted molar refractivity (Wildman–Crippen MR) is 71.7 cm³/mol. The Morgan fingerprint density at radius 1 is 1.19 bits per heavy atom. The molecule has 1 aromatic carbocycles. The second kappa shape index (κ2) is 4.06. The molecule has 16 heavy (non-hydrogen) atoms. The maximum Gasteiger partial charge on any atom is 0.0487 e. The lowest BCUT2D eigenvalue weighted by atomic mass is 10.1. The zero-order valence-corrected chi connectivity index (χ0v) is 11.3. The lowest BCUT2D eigenvalue weighted by molar-refractivity contribution is 0.567. The molecule has 0 aliphatic heterocycles. The van der Waals surface area contributed by atoms with Crippen LogP contribution < -0.4 is 5.32 Å². The molecule has 2 heteroatoms. The average molecular weight is 280 g/mol. The van der Waals surface area contributed by atoms with E-state index < -0.39 is 0 Å². The third-order valence-corrected chi connectivity index (χ3v) is 4.36. The van der Waals surface area contributed by atoms with E-state index in [2.05, 4.69) is 46.4 Å². The fourth-order valence-electron chi connectivity index (χ4n) is 2.45. The minimum Gasteiger partial charge on any atom is -0.381 e. The highest BCUT2D eigenvalue weighted by Gasteiger charge is 2.41. The SMILES string of the molecule is Cc1ccc(NC(C2CC2)C2CC2)c(Br)c1. The van der Waals surface area contributed by atoms with Crippen molar-refractivity contribution in [3.8, 4) is 0 Å². The summed E-state index contributed by atoms with van der Waals surface area (Å²) in [4.78, 5) is 0. The standard InChI is InChI=1S/C14H18BrN/c1-9-2-7-13(12(15)8-9)16-14(10-3-4-10)11-5-6-11/h2,7-8,10-11,14,16H,3-6H2,1H3. The molecule has 2 aliphatic rings. The van der Waals surface area contributed by atoms with Crippen molar-refractivity contribution in [2.45, 2.75) is 38.6 Å². The van der Waals surface area contributed by atoms with E-state index in [1.54, 1.807) is 0 Å². The molecular formula is C14H18BrN. The summed E-state index contributed by atoms with van der Waals surface area (Å²) in [7, 11) is 0. The zero-order valence-electron chi connectivity index (χ0n) is 9.67. The van der Waals surface area contributed by atoms with Gasteiger partial charge in [-0.25, -0.2) is 0 Å². The van der Waals surface area contributed by atoms with Gasteiger partial charge >= 0.3 is 0 Å². The Morgan fingerprint density at radius 2 is 1.81 bits per heavy atom. The third kappa shape index (κ3) is 2.27. The predicted octanol–water partition coefficient (Wildman–Crippen LogP) is 4.36. The fourth-order valence-corrected chi connectivity index (χ4v) is 3.06. The van der Waals surface area contributed by atoms with Gasteiger partial charge < -0.3 is 5.32 Å². The number of aryl methyl sites for hydroxylation is 1. The molecule has 0 radical (unpaired) electrons. The van der Waals surface area contributed by atoms with Gasteiger partial charge in [-0.2, -0.15) is 0 Å². The molecule has 0 atom stereocenters. The van der Waals surface area contributed by atoms with Gasteiger partial charge in [-0.3, -0.25) is 0 Å². The first-order valence-electron chi connectivity index (χ1n) is 6.27. The van der Waals surface area contributed by atoms with Crippen LogP contribution in [0.25, 0.3) is 0 Å². The Bertz CT molecular complexity index is 382. The molecule has 0 unspecified atom stereocenters. The highest BCUT2D eigenvalue weighted by molar-refractivity contribution is 9.10. The maximum atomic E-state index is 3.75. The van der Waals surface area contributed by atoms with Gasteiger partial charge in [-0.1, -0.05) is 6.07 Å². The minimum absolute atomic E-state index is 0.735. The highest BCUT2D eigenvalue weighted by atomic mass is 79.9. The van der Waals surface area contributed by atoms with Crippen LogP contribution in [0.4, 0.5) is 5.69 Å². The summed E-state index contributed by atoms with van der Waals surface area (Å²) >= 11 is 3.65. The third-order valence-electron chi connectivity index (χ3n) is 3.71. The van der Waals surface area contributed by atoms with Crippen LogP contribution in [0.5, 0.6) is 0 Å². The maximum absolute atomic E-state index is 3.75. The summed E-state index contributed by atoms with van der Waals surface area (Å²) in [5.74, 6) is 1.89. The summed E-state index contributed by atoms with van der Waals surface area (Å²) in [6.07, 6.45) is 5.71. The van der Waals surface area contributed by atoms with Crippen molar-refractivity contribution in [1.82, 2.24) is 0 Å². The number of rotatable bonds is 4. The topological polar surface area (TPSA) is 12.0 Å². The Hall–Kier alpha value is -0.500. The average Bonchev–Trinajstić information content (AvgIpc) is 3.11. The normalized spacial score (nSPS) is 20.2. The summed E-state index contributed by atoms with van der Waals surface area (Å²) in [5, 5.41) is 3.75. The van der Waals surface area contributed by atoms with Crippen molar-refractivity contribution >= 4 is 21.6 Å². The number of hydrogen-bond acceptors (Lipinski definition) is 1. The first-order valence-corrected chi connectivity index (χ1v) is 7.06. The number of hydrogen-bond donors (Lipinski definition) is 1. The zero-order chi connectivity index (χ0) is 11.1. The molecule has 0 spiro atoms. The van der Waals surface area contributed by atoms with Crippen LogP contribution in [-0.2, 0) is 0 Å². The molecule has 0 amide bonds. The van der Waals surface area contributed by atoms with Gasteiger partial charge in [0.25, 0.3) is 0 Å². The number of anilines is 1. The molecule has 0 heterocycles.